The number of aliphatic hydroxyl groups excluding tert-OH is 3. The molecule has 0 bridgehead atoms. The topological polar surface area (TPSA) is 140 Å². The van der Waals surface area contributed by atoms with Crippen molar-refractivity contribution in [2.45, 2.75) is 31.5 Å². The number of nitrogens with two attached hydrogens (primary N) is 1. The molecular formula is C11H15N5O4. The number of anilines is 1. The summed E-state index contributed by atoms with van der Waals surface area (Å²) >= 11 is 0. The number of fused-ring (bicyclic) bond motifs is 1. The Labute approximate surface area is 113 Å². The molecule has 0 saturated carbocycles. The van der Waals surface area contributed by atoms with Crippen molar-refractivity contribution in [1.82, 2.24) is 19.5 Å². The molecule has 20 heavy (non-hydrogen) atoms. The van der Waals surface area contributed by atoms with E-state index in [2.05, 4.69) is 15.0 Å². The predicted octanol–water partition coefficient (Wildman–Crippen LogP) is -1.67. The fourth-order valence-electron chi connectivity index (χ4n) is 2.37. The van der Waals surface area contributed by atoms with Crippen molar-refractivity contribution < 1.29 is 20.1 Å². The van der Waals surface area contributed by atoms with E-state index in [1.54, 1.807) is 6.92 Å². The van der Waals surface area contributed by atoms with Gasteiger partial charge in [-0.2, -0.15) is 4.98 Å². The lowest BCUT2D eigenvalue weighted by Crippen LogP contribution is -2.33. The molecule has 0 aliphatic carbocycles. The number of ether oxygens (including phenoxy) is 1. The smallest absolute Gasteiger partial charge is 0.222 e. The zero-order chi connectivity index (χ0) is 14.4. The molecule has 3 heterocycles. The second-order valence-corrected chi connectivity index (χ2v) is 4.72. The van der Waals surface area contributed by atoms with Gasteiger partial charge < -0.3 is 25.8 Å². The van der Waals surface area contributed by atoms with Gasteiger partial charge in [0.2, 0.25) is 5.95 Å². The number of imidazole rings is 1. The molecule has 1 aliphatic heterocycles. The second kappa shape index (κ2) is 4.63. The van der Waals surface area contributed by atoms with Crippen molar-refractivity contribution in [1.29, 1.82) is 0 Å². The second-order valence-electron chi connectivity index (χ2n) is 4.72. The Morgan fingerprint density at radius 3 is 2.75 bits per heavy atom. The summed E-state index contributed by atoms with van der Waals surface area (Å²) in [5.41, 5.74) is 7.17. The molecule has 1 unspecified atom stereocenters. The van der Waals surface area contributed by atoms with Crippen LogP contribution in [0.5, 0.6) is 0 Å². The Morgan fingerprint density at radius 2 is 2.10 bits per heavy atom. The zero-order valence-electron chi connectivity index (χ0n) is 10.7. The number of aryl methyl sites for hydroxylation is 1. The Bertz CT molecular complexity index is 645. The Balaban J connectivity index is 2.07. The first-order chi connectivity index (χ1) is 9.52. The minimum Gasteiger partial charge on any atom is -0.394 e. The summed E-state index contributed by atoms with van der Waals surface area (Å²) in [6.07, 6.45) is -2.68. The summed E-state index contributed by atoms with van der Waals surface area (Å²) in [5, 5.41) is 28.9. The number of aliphatic hydroxyl groups is 3. The molecule has 108 valence electrons. The molecule has 9 heteroatoms. The van der Waals surface area contributed by atoms with Gasteiger partial charge >= 0.3 is 0 Å². The van der Waals surface area contributed by atoms with E-state index >= 15 is 0 Å². The summed E-state index contributed by atoms with van der Waals surface area (Å²) < 4.78 is 6.92. The number of nitrogens with zero attached hydrogens (tertiary/aromatic N) is 4. The number of nitrogen functional groups attached to an aromatic ring is 1. The van der Waals surface area contributed by atoms with Crippen LogP contribution in [0.1, 0.15) is 11.9 Å². The highest BCUT2D eigenvalue weighted by atomic mass is 16.6. The number of rotatable bonds is 2. The molecule has 3 rings (SSSR count). The fourth-order valence-corrected chi connectivity index (χ4v) is 2.37. The quantitative estimate of drug-likeness (QED) is 0.512. The predicted molar refractivity (Wildman–Crippen MR) is 67.5 cm³/mol. The van der Waals surface area contributed by atoms with Crippen LogP contribution in [0.25, 0.3) is 11.2 Å². The largest absolute Gasteiger partial charge is 0.394 e. The van der Waals surface area contributed by atoms with Crippen LogP contribution >= 0.6 is 0 Å². The van der Waals surface area contributed by atoms with Gasteiger partial charge in [0.05, 0.1) is 18.6 Å². The van der Waals surface area contributed by atoms with Crippen LogP contribution in [0.2, 0.25) is 0 Å². The molecule has 0 spiro atoms. The van der Waals surface area contributed by atoms with Crippen LogP contribution in [-0.2, 0) is 4.74 Å². The molecule has 2 aromatic heterocycles. The van der Waals surface area contributed by atoms with Crippen LogP contribution in [-0.4, -0.2) is 59.8 Å². The molecule has 0 aromatic carbocycles. The first-order valence-electron chi connectivity index (χ1n) is 6.12. The highest BCUT2D eigenvalue weighted by molar-refractivity contribution is 5.74. The molecule has 2 aromatic rings. The van der Waals surface area contributed by atoms with Crippen molar-refractivity contribution in [3.63, 3.8) is 0 Å². The Hall–Kier alpha value is -1.81. The fraction of sp³-hybridized carbons (Fsp3) is 0.545. The van der Waals surface area contributed by atoms with Crippen LogP contribution in [0.4, 0.5) is 5.95 Å². The van der Waals surface area contributed by atoms with Crippen LogP contribution in [0, 0.1) is 6.92 Å². The van der Waals surface area contributed by atoms with Crippen molar-refractivity contribution in [3.05, 3.63) is 12.0 Å². The summed E-state index contributed by atoms with van der Waals surface area (Å²) in [4.78, 5) is 12.2. The van der Waals surface area contributed by atoms with Gasteiger partial charge in [-0.25, -0.2) is 9.97 Å². The van der Waals surface area contributed by atoms with Crippen LogP contribution in [0.3, 0.4) is 0 Å². The van der Waals surface area contributed by atoms with E-state index in [4.69, 9.17) is 15.6 Å². The van der Waals surface area contributed by atoms with Crippen molar-refractivity contribution in [3.8, 4) is 0 Å². The molecule has 0 radical (unpaired) electrons. The summed E-state index contributed by atoms with van der Waals surface area (Å²) in [5.74, 6) is 0.0866. The maximum Gasteiger partial charge on any atom is 0.222 e. The van der Waals surface area contributed by atoms with Gasteiger partial charge in [0.15, 0.2) is 11.9 Å². The van der Waals surface area contributed by atoms with Crippen LogP contribution in [0.15, 0.2) is 6.33 Å². The first kappa shape index (κ1) is 13.2. The Kier molecular flexibility index (Phi) is 3.05. The maximum atomic E-state index is 10.0. The molecular weight excluding hydrogens is 266 g/mol. The average Bonchev–Trinajstić information content (AvgIpc) is 2.93. The molecule has 4 atom stereocenters. The Morgan fingerprint density at radius 1 is 1.35 bits per heavy atom. The lowest BCUT2D eigenvalue weighted by Gasteiger charge is -2.16. The van der Waals surface area contributed by atoms with E-state index in [1.165, 1.54) is 10.9 Å². The monoisotopic (exact) mass is 281 g/mol. The maximum absolute atomic E-state index is 10.0. The molecule has 0 amide bonds. The standard InChI is InChI=1S/C11H15N5O4/c1-4-6-9(15-11(12)14-4)16(3-13-6)10-8(19)7(18)5(2-17)20-10/h3,5,7-8,10,17-19H,2H2,1H3,(H2,12,14,15)/t5-,7-,8+,10?/m1/s1. The summed E-state index contributed by atoms with van der Waals surface area (Å²) in [7, 11) is 0. The highest BCUT2D eigenvalue weighted by Crippen LogP contribution is 2.31. The van der Waals surface area contributed by atoms with Crippen LogP contribution < -0.4 is 5.73 Å². The number of aromatic nitrogens is 4. The number of hydrogen-bond donors (Lipinski definition) is 4. The van der Waals surface area contributed by atoms with Gasteiger partial charge in [-0.1, -0.05) is 0 Å². The molecule has 9 nitrogen and oxygen atoms in total. The third kappa shape index (κ3) is 1.83. The van der Waals surface area contributed by atoms with Gasteiger partial charge in [0.1, 0.15) is 23.8 Å². The van der Waals surface area contributed by atoms with E-state index in [0.29, 0.717) is 16.9 Å². The van der Waals surface area contributed by atoms with Crippen molar-refractivity contribution in [2.75, 3.05) is 12.3 Å². The normalized spacial score (nSPS) is 30.2. The summed E-state index contributed by atoms with van der Waals surface area (Å²) in [6.45, 7) is 1.35. The molecule has 1 saturated heterocycles. The third-order valence-corrected chi connectivity index (χ3v) is 3.40. The average molecular weight is 281 g/mol. The van der Waals surface area contributed by atoms with E-state index in [-0.39, 0.29) is 5.95 Å². The minimum atomic E-state index is -1.19. The van der Waals surface area contributed by atoms with E-state index in [0.717, 1.165) is 0 Å². The SMILES string of the molecule is Cc1nc(N)nc2c1ncn2C1O[C@H](CO)[C@@H](O)[C@@H]1O. The van der Waals surface area contributed by atoms with E-state index < -0.39 is 31.1 Å². The first-order valence-corrected chi connectivity index (χ1v) is 6.12. The molecule has 5 N–H and O–H groups in total. The van der Waals surface area contributed by atoms with Gasteiger partial charge in [-0.3, -0.25) is 4.57 Å². The van der Waals surface area contributed by atoms with Crippen molar-refractivity contribution in [2.24, 2.45) is 0 Å². The van der Waals surface area contributed by atoms with Gasteiger partial charge in [-0.15, -0.1) is 0 Å². The van der Waals surface area contributed by atoms with Gasteiger partial charge in [-0.05, 0) is 6.92 Å². The third-order valence-electron chi connectivity index (χ3n) is 3.40. The highest BCUT2D eigenvalue weighted by Gasteiger charge is 2.43. The lowest BCUT2D eigenvalue weighted by atomic mass is 10.1. The van der Waals surface area contributed by atoms with E-state index in [1.807, 2.05) is 0 Å². The molecule has 1 fully saturated rings. The number of hydrogen-bond acceptors (Lipinski definition) is 8. The summed E-state index contributed by atoms with van der Waals surface area (Å²) in [6, 6.07) is 0. The van der Waals surface area contributed by atoms with Gasteiger partial charge in [0, 0.05) is 0 Å². The zero-order valence-corrected chi connectivity index (χ0v) is 10.7. The minimum absolute atomic E-state index is 0.0866. The van der Waals surface area contributed by atoms with Gasteiger partial charge in [0.25, 0.3) is 0 Å². The molecule has 1 aliphatic rings. The van der Waals surface area contributed by atoms with Crippen molar-refractivity contribution >= 4 is 17.1 Å². The lowest BCUT2D eigenvalue weighted by molar-refractivity contribution is -0.0511. The van der Waals surface area contributed by atoms with E-state index in [9.17, 15) is 10.2 Å².